The third kappa shape index (κ3) is 6.73. The first-order valence-electron chi connectivity index (χ1n) is 11.0. The van der Waals surface area contributed by atoms with E-state index in [1.165, 1.54) is 0 Å². The van der Waals surface area contributed by atoms with E-state index >= 15 is 0 Å². The van der Waals surface area contributed by atoms with Crippen molar-refractivity contribution in [1.29, 1.82) is 0 Å². The fraction of sp³-hybridized carbons (Fsp3) is 0.714. The Hall–Kier alpha value is -2.53. The van der Waals surface area contributed by atoms with E-state index in [4.69, 9.17) is 14.2 Å². The summed E-state index contributed by atoms with van der Waals surface area (Å²) in [6.07, 6.45) is 0.375. The van der Waals surface area contributed by atoms with Crippen LogP contribution >= 0.6 is 0 Å². The molecule has 4 atom stereocenters. The number of H-pyrrole nitrogens is 1. The lowest BCUT2D eigenvalue weighted by Crippen LogP contribution is -2.43. The molecule has 2 rings (SSSR count). The predicted molar refractivity (Wildman–Crippen MR) is 110 cm³/mol. The molecule has 0 bridgehead atoms. The number of esters is 2. The molecular weight excluding hydrogens is 427 g/mol. The number of halogens is 1. The maximum atomic E-state index is 13.9. The van der Waals surface area contributed by atoms with Crippen molar-refractivity contribution < 1.29 is 33.3 Å². The molecule has 11 heteroatoms. The van der Waals surface area contributed by atoms with E-state index in [0.29, 0.717) is 23.6 Å². The average Bonchev–Trinajstić information content (AvgIpc) is 3.08. The van der Waals surface area contributed by atoms with Crippen LogP contribution in [0, 0.1) is 5.82 Å². The van der Waals surface area contributed by atoms with Gasteiger partial charge in [0.25, 0.3) is 5.56 Å². The monoisotopic (exact) mass is 458 g/mol. The van der Waals surface area contributed by atoms with Crippen LogP contribution in [0.15, 0.2) is 15.8 Å². The first-order valence-corrected chi connectivity index (χ1v) is 11.0. The molecule has 1 aromatic rings. The fourth-order valence-electron chi connectivity index (χ4n) is 3.46. The molecule has 0 spiro atoms. The predicted octanol–water partition coefficient (Wildman–Crippen LogP) is 1.55. The first kappa shape index (κ1) is 25.7. The summed E-state index contributed by atoms with van der Waals surface area (Å²) in [5.74, 6) is -2.43. The van der Waals surface area contributed by atoms with Gasteiger partial charge in [0.05, 0.1) is 12.8 Å². The lowest BCUT2D eigenvalue weighted by Gasteiger charge is -2.24. The Labute approximate surface area is 184 Å². The zero-order chi connectivity index (χ0) is 23.7. The van der Waals surface area contributed by atoms with E-state index in [1.807, 2.05) is 18.8 Å². The van der Waals surface area contributed by atoms with Crippen LogP contribution in [-0.2, 0) is 23.8 Å². The van der Waals surface area contributed by atoms with Crippen LogP contribution in [0.1, 0.15) is 71.4 Å². The smallest absolute Gasteiger partial charge is 0.330 e. The van der Waals surface area contributed by atoms with Crippen molar-refractivity contribution >= 4 is 11.9 Å². The minimum atomic E-state index is -1.41. The van der Waals surface area contributed by atoms with Crippen molar-refractivity contribution in [2.24, 2.45) is 0 Å². The van der Waals surface area contributed by atoms with Gasteiger partial charge in [-0.1, -0.05) is 39.5 Å². The lowest BCUT2D eigenvalue weighted by atomic mass is 10.1. The molecule has 1 aliphatic heterocycles. The minimum Gasteiger partial charge on any atom is -0.455 e. The number of unbranched alkanes of at least 4 members (excludes halogenated alkanes) is 4. The Morgan fingerprint density at radius 1 is 1.06 bits per heavy atom. The van der Waals surface area contributed by atoms with Gasteiger partial charge in [0.2, 0.25) is 5.82 Å². The van der Waals surface area contributed by atoms with Crippen molar-refractivity contribution in [3.05, 3.63) is 32.9 Å². The number of hydrogen-bond donors (Lipinski definition) is 2. The molecule has 180 valence electrons. The summed E-state index contributed by atoms with van der Waals surface area (Å²) < 4.78 is 31.2. The van der Waals surface area contributed by atoms with E-state index in [1.54, 1.807) is 0 Å². The summed E-state index contributed by atoms with van der Waals surface area (Å²) in [5.41, 5.74) is -2.21. The molecule has 1 fully saturated rings. The highest BCUT2D eigenvalue weighted by Crippen LogP contribution is 2.33. The molecule has 2 N–H and O–H groups in total. The molecule has 0 saturated carbocycles. The molecule has 0 aliphatic carbocycles. The number of aliphatic hydroxyl groups excluding tert-OH is 1. The van der Waals surface area contributed by atoms with E-state index in [9.17, 15) is 28.7 Å². The van der Waals surface area contributed by atoms with Gasteiger partial charge in [-0.2, -0.15) is 4.39 Å². The van der Waals surface area contributed by atoms with Gasteiger partial charge in [-0.3, -0.25) is 23.9 Å². The van der Waals surface area contributed by atoms with Crippen LogP contribution in [-0.4, -0.2) is 51.5 Å². The molecule has 0 aromatic carbocycles. The number of rotatable bonds is 12. The van der Waals surface area contributed by atoms with Gasteiger partial charge in [0, 0.05) is 12.8 Å². The highest BCUT2D eigenvalue weighted by molar-refractivity contribution is 5.70. The third-order valence-electron chi connectivity index (χ3n) is 5.17. The van der Waals surface area contributed by atoms with Gasteiger partial charge in [0.1, 0.15) is 6.10 Å². The number of carbonyl (C=O) groups is 2. The number of nitrogens with one attached hydrogen (secondary N) is 1. The number of aromatic nitrogens is 2. The minimum absolute atomic E-state index is 0.0902. The highest BCUT2D eigenvalue weighted by atomic mass is 19.1. The molecule has 1 saturated heterocycles. The number of carbonyl (C=O) groups excluding carboxylic acids is 2. The van der Waals surface area contributed by atoms with Crippen LogP contribution in [0.4, 0.5) is 4.39 Å². The molecule has 1 aliphatic rings. The van der Waals surface area contributed by atoms with E-state index in [2.05, 4.69) is 0 Å². The van der Waals surface area contributed by atoms with Crippen molar-refractivity contribution in [3.63, 3.8) is 0 Å². The quantitative estimate of drug-likeness (QED) is 0.356. The second-order valence-electron chi connectivity index (χ2n) is 7.71. The molecule has 0 amide bonds. The van der Waals surface area contributed by atoms with Gasteiger partial charge in [0.15, 0.2) is 18.4 Å². The average molecular weight is 458 g/mol. The number of nitrogens with zero attached hydrogens (tertiary/aromatic N) is 1. The first-order chi connectivity index (χ1) is 15.3. The number of aromatic amines is 1. The number of hydrogen-bond acceptors (Lipinski definition) is 8. The number of aliphatic hydroxyl groups is 1. The molecule has 0 unspecified atom stereocenters. The molecule has 0 radical (unpaired) electrons. The second-order valence-corrected chi connectivity index (χ2v) is 7.71. The molecule has 2 heterocycles. The summed E-state index contributed by atoms with van der Waals surface area (Å²) in [6.45, 7) is 3.36. The topological polar surface area (TPSA) is 137 Å². The number of ether oxygens (including phenoxy) is 3. The van der Waals surface area contributed by atoms with Gasteiger partial charge in [-0.15, -0.1) is 0 Å². The van der Waals surface area contributed by atoms with E-state index in [-0.39, 0.29) is 12.8 Å². The summed E-state index contributed by atoms with van der Waals surface area (Å²) in [6, 6.07) is 0. The van der Waals surface area contributed by atoms with Gasteiger partial charge < -0.3 is 19.3 Å². The Morgan fingerprint density at radius 2 is 1.62 bits per heavy atom. The zero-order valence-electron chi connectivity index (χ0n) is 18.4. The van der Waals surface area contributed by atoms with Crippen molar-refractivity contribution in [2.75, 3.05) is 6.61 Å². The van der Waals surface area contributed by atoms with Crippen LogP contribution in [0.3, 0.4) is 0 Å². The molecule has 10 nitrogen and oxygen atoms in total. The third-order valence-corrected chi connectivity index (χ3v) is 5.17. The van der Waals surface area contributed by atoms with Gasteiger partial charge >= 0.3 is 17.6 Å². The van der Waals surface area contributed by atoms with Gasteiger partial charge in [-0.05, 0) is 12.8 Å². The second kappa shape index (κ2) is 12.5. The standard InChI is InChI=1S/C21H31FN2O8/c1-3-5-7-9-15(26)31-17-14(12-25)30-20(18(17)32-16(27)10-8-6-4-2)24-11-13(22)19(28)23-21(24)29/h11,14,17-18,20,25H,3-10,12H2,1-2H3,(H,23,28,29)/t14-,17-,18-,20-/m1/s1. The van der Waals surface area contributed by atoms with Gasteiger partial charge in [-0.25, -0.2) is 4.79 Å². The summed E-state index contributed by atoms with van der Waals surface area (Å²) in [5, 5.41) is 9.75. The molecular formula is C21H31FN2O8. The zero-order valence-corrected chi connectivity index (χ0v) is 18.4. The van der Waals surface area contributed by atoms with Crippen molar-refractivity contribution in [1.82, 2.24) is 9.55 Å². The maximum absolute atomic E-state index is 13.9. The van der Waals surface area contributed by atoms with Crippen molar-refractivity contribution in [3.8, 4) is 0 Å². The van der Waals surface area contributed by atoms with Crippen LogP contribution in [0.5, 0.6) is 0 Å². The Bertz CT molecular complexity index is 883. The highest BCUT2D eigenvalue weighted by Gasteiger charge is 2.50. The Balaban J connectivity index is 2.31. The summed E-state index contributed by atoms with van der Waals surface area (Å²) in [4.78, 5) is 50.2. The summed E-state index contributed by atoms with van der Waals surface area (Å²) >= 11 is 0. The molecule has 1 aromatic heterocycles. The van der Waals surface area contributed by atoms with Crippen molar-refractivity contribution in [2.45, 2.75) is 89.8 Å². The maximum Gasteiger partial charge on any atom is 0.330 e. The Morgan fingerprint density at radius 3 is 2.16 bits per heavy atom. The van der Waals surface area contributed by atoms with E-state index in [0.717, 1.165) is 25.7 Å². The fourth-order valence-corrected chi connectivity index (χ4v) is 3.46. The SMILES string of the molecule is CCCCCC(=O)O[C@@H]1[C@H](OC(=O)CCCCC)[C@@H](CO)O[C@H]1n1cc(F)c(=O)[nH]c1=O. The largest absolute Gasteiger partial charge is 0.455 e. The normalized spacial score (nSPS) is 22.6. The van der Waals surface area contributed by atoms with Crippen LogP contribution in [0.25, 0.3) is 0 Å². The summed E-state index contributed by atoms with van der Waals surface area (Å²) in [7, 11) is 0. The lowest BCUT2D eigenvalue weighted by molar-refractivity contribution is -0.169. The molecule has 32 heavy (non-hydrogen) atoms. The van der Waals surface area contributed by atoms with E-state index < -0.39 is 60.2 Å². The van der Waals surface area contributed by atoms with Crippen LogP contribution in [0.2, 0.25) is 0 Å². The van der Waals surface area contributed by atoms with Crippen LogP contribution < -0.4 is 11.2 Å². The Kier molecular flexibility index (Phi) is 10.0.